The Bertz CT molecular complexity index is 1140. The van der Waals surface area contributed by atoms with Crippen molar-refractivity contribution >= 4 is 20.2 Å². The summed E-state index contributed by atoms with van der Waals surface area (Å²) >= 11 is 0. The Kier molecular flexibility index (Phi) is 8.07. The van der Waals surface area contributed by atoms with E-state index < -0.39 is 8.32 Å². The lowest BCUT2D eigenvalue weighted by Gasteiger charge is -2.47. The molecule has 2 bridgehead atoms. The number of piperidine rings is 2. The number of ether oxygens (including phenoxy) is 1. The molecule has 210 valence electrons. The third kappa shape index (κ3) is 5.73. The zero-order valence-electron chi connectivity index (χ0n) is 24.4. The van der Waals surface area contributed by atoms with Gasteiger partial charge in [0, 0.05) is 36.9 Å². The Balaban J connectivity index is 1.16. The zero-order valence-corrected chi connectivity index (χ0v) is 25.4. The number of fused-ring (bicyclic) bond motifs is 5. The van der Waals surface area contributed by atoms with Crippen LogP contribution in [-0.2, 0) is 14.0 Å². The molecule has 2 fully saturated rings. The molecule has 5 rings (SSSR count). The first kappa shape index (κ1) is 28.1. The summed E-state index contributed by atoms with van der Waals surface area (Å²) in [5.74, 6) is 0.456. The molecule has 0 N–H and O–H groups in total. The average Bonchev–Trinajstić information content (AvgIpc) is 3.22. The van der Waals surface area contributed by atoms with Gasteiger partial charge < -0.3 is 14.1 Å². The van der Waals surface area contributed by atoms with E-state index in [-0.39, 0.29) is 35.1 Å². The molecule has 6 heteroatoms. The lowest BCUT2D eigenvalue weighted by Crippen LogP contribution is -2.55. The van der Waals surface area contributed by atoms with Crippen molar-refractivity contribution < 1.29 is 18.8 Å². The molecule has 2 aromatic carbocycles. The van der Waals surface area contributed by atoms with E-state index in [1.54, 1.807) is 0 Å². The molecule has 2 atom stereocenters. The van der Waals surface area contributed by atoms with E-state index in [9.17, 15) is 9.59 Å². The monoisotopic (exact) mass is 547 g/mol. The van der Waals surface area contributed by atoms with Gasteiger partial charge in [-0.3, -0.25) is 4.79 Å². The van der Waals surface area contributed by atoms with Gasteiger partial charge in [0.15, 0.2) is 8.32 Å². The van der Waals surface area contributed by atoms with E-state index in [0.29, 0.717) is 25.4 Å². The molecule has 3 aliphatic rings. The first-order valence-electron chi connectivity index (χ1n) is 14.9. The van der Waals surface area contributed by atoms with Gasteiger partial charge in [0.1, 0.15) is 12.4 Å². The fraction of sp³-hybridized carbons (Fsp3) is 0.576. The molecule has 0 radical (unpaired) electrons. The third-order valence-corrected chi connectivity index (χ3v) is 14.4. The number of benzene rings is 2. The minimum Gasteiger partial charge on any atom is -0.448 e. The smallest absolute Gasteiger partial charge is 0.410 e. The average molecular weight is 548 g/mol. The van der Waals surface area contributed by atoms with Crippen LogP contribution in [0.4, 0.5) is 4.79 Å². The van der Waals surface area contributed by atoms with E-state index in [1.807, 2.05) is 4.90 Å². The highest BCUT2D eigenvalue weighted by Crippen LogP contribution is 2.45. The summed E-state index contributed by atoms with van der Waals surface area (Å²) in [4.78, 5) is 28.6. The van der Waals surface area contributed by atoms with Crippen molar-refractivity contribution in [2.45, 2.75) is 102 Å². The summed E-state index contributed by atoms with van der Waals surface area (Å²) in [7, 11) is -1.78. The number of amides is 1. The molecule has 2 aromatic rings. The van der Waals surface area contributed by atoms with Crippen molar-refractivity contribution in [3.05, 3.63) is 59.7 Å². The van der Waals surface area contributed by atoms with Crippen LogP contribution in [0.2, 0.25) is 18.1 Å². The summed E-state index contributed by atoms with van der Waals surface area (Å²) in [5.41, 5.74) is 4.93. The summed E-state index contributed by atoms with van der Waals surface area (Å²) in [6.45, 7) is 12.3. The minimum atomic E-state index is -1.78. The molecular formula is C33H45NO4Si. The number of nitrogens with zero attached hydrogens (tertiary/aromatic N) is 1. The Morgan fingerprint density at radius 3 is 2.05 bits per heavy atom. The first-order chi connectivity index (χ1) is 18.6. The number of hydrogen-bond acceptors (Lipinski definition) is 4. The van der Waals surface area contributed by atoms with Crippen molar-refractivity contribution in [3.63, 3.8) is 0 Å². The Morgan fingerprint density at radius 1 is 0.923 bits per heavy atom. The SMILES string of the molecule is CC(C)(C)[Si](C)(C)OCCCC(=O)C1CC2CCCC(C1)N2C(=O)OCC1c2ccccc2-c2ccccc21. The van der Waals surface area contributed by atoms with Crippen molar-refractivity contribution in [2.24, 2.45) is 5.92 Å². The fourth-order valence-electron chi connectivity index (χ4n) is 6.61. The van der Waals surface area contributed by atoms with Gasteiger partial charge in [-0.2, -0.15) is 0 Å². The lowest BCUT2D eigenvalue weighted by atomic mass is 9.76. The summed E-state index contributed by atoms with van der Waals surface area (Å²) in [6.07, 6.45) is 5.71. The number of carbonyl (C=O) groups excluding carboxylic acids is 2. The van der Waals surface area contributed by atoms with Crippen LogP contribution in [0.5, 0.6) is 0 Å². The van der Waals surface area contributed by atoms with Crippen molar-refractivity contribution in [2.75, 3.05) is 13.2 Å². The minimum absolute atomic E-state index is 0.0470. The fourth-order valence-corrected chi connectivity index (χ4v) is 7.69. The highest BCUT2D eigenvalue weighted by Gasteiger charge is 2.44. The number of hydrogen-bond donors (Lipinski definition) is 0. The Hall–Kier alpha value is -2.44. The molecule has 2 unspecified atom stereocenters. The normalized spacial score (nSPS) is 22.8. The molecule has 2 heterocycles. The van der Waals surface area contributed by atoms with Gasteiger partial charge >= 0.3 is 6.09 Å². The lowest BCUT2D eigenvalue weighted by molar-refractivity contribution is -0.126. The summed E-state index contributed by atoms with van der Waals surface area (Å²) in [6, 6.07) is 17.1. The number of Topliss-reactive ketones (excluding diaryl/α,β-unsaturated/α-hetero) is 1. The molecule has 2 aliphatic heterocycles. The van der Waals surface area contributed by atoms with Crippen LogP contribution in [0.1, 0.15) is 82.8 Å². The highest BCUT2D eigenvalue weighted by atomic mass is 28.4. The maximum absolute atomic E-state index is 13.5. The predicted octanol–water partition coefficient (Wildman–Crippen LogP) is 7.94. The molecule has 1 aliphatic carbocycles. The molecule has 0 saturated carbocycles. The van der Waals surface area contributed by atoms with E-state index in [0.717, 1.165) is 38.5 Å². The molecule has 1 amide bonds. The molecule has 0 aromatic heterocycles. The summed E-state index contributed by atoms with van der Waals surface area (Å²) < 4.78 is 12.3. The van der Waals surface area contributed by atoms with Crippen LogP contribution >= 0.6 is 0 Å². The van der Waals surface area contributed by atoms with E-state index in [2.05, 4.69) is 82.4 Å². The molecular weight excluding hydrogens is 502 g/mol. The predicted molar refractivity (Wildman–Crippen MR) is 158 cm³/mol. The molecule has 2 saturated heterocycles. The summed E-state index contributed by atoms with van der Waals surface area (Å²) in [5, 5.41) is 0.181. The molecule has 39 heavy (non-hydrogen) atoms. The third-order valence-electron chi connectivity index (χ3n) is 9.81. The topological polar surface area (TPSA) is 55.8 Å². The molecule has 0 spiro atoms. The Morgan fingerprint density at radius 2 is 1.49 bits per heavy atom. The van der Waals surface area contributed by atoms with Crippen LogP contribution in [0.25, 0.3) is 11.1 Å². The number of carbonyl (C=O) groups is 2. The second-order valence-electron chi connectivity index (χ2n) is 13.3. The van der Waals surface area contributed by atoms with Crippen LogP contribution in [0.3, 0.4) is 0 Å². The van der Waals surface area contributed by atoms with E-state index in [4.69, 9.17) is 9.16 Å². The van der Waals surface area contributed by atoms with Crippen LogP contribution < -0.4 is 0 Å². The van der Waals surface area contributed by atoms with E-state index in [1.165, 1.54) is 22.3 Å². The zero-order chi connectivity index (χ0) is 27.8. The largest absolute Gasteiger partial charge is 0.448 e. The van der Waals surface area contributed by atoms with Gasteiger partial charge in [-0.1, -0.05) is 69.3 Å². The van der Waals surface area contributed by atoms with Crippen molar-refractivity contribution in [3.8, 4) is 11.1 Å². The van der Waals surface area contributed by atoms with Gasteiger partial charge in [-0.15, -0.1) is 0 Å². The number of rotatable bonds is 8. The van der Waals surface area contributed by atoms with Gasteiger partial charge in [-0.25, -0.2) is 4.79 Å². The van der Waals surface area contributed by atoms with Crippen LogP contribution in [-0.4, -0.2) is 50.4 Å². The highest BCUT2D eigenvalue weighted by molar-refractivity contribution is 6.74. The van der Waals surface area contributed by atoms with Gasteiger partial charge in [0.25, 0.3) is 0 Å². The molecule has 5 nitrogen and oxygen atoms in total. The van der Waals surface area contributed by atoms with Crippen LogP contribution in [0.15, 0.2) is 48.5 Å². The van der Waals surface area contributed by atoms with Crippen molar-refractivity contribution in [1.29, 1.82) is 0 Å². The number of ketones is 1. The second-order valence-corrected chi connectivity index (χ2v) is 18.1. The standard InChI is InChI=1S/C33H45NO4Si/c1-33(2,3)39(4,5)38-19-11-18-31(35)23-20-24-12-10-13-25(21-23)34(24)32(36)37-22-30-28-16-8-6-14-26(28)27-15-7-9-17-29(27)30/h6-9,14-17,23-25,30H,10-13,18-22H2,1-5H3. The van der Waals surface area contributed by atoms with Gasteiger partial charge in [0.2, 0.25) is 0 Å². The quantitative estimate of drug-likeness (QED) is 0.249. The Labute approximate surface area is 235 Å². The maximum atomic E-state index is 13.5. The van der Waals surface area contributed by atoms with Crippen molar-refractivity contribution in [1.82, 2.24) is 4.90 Å². The van der Waals surface area contributed by atoms with Crippen LogP contribution in [0, 0.1) is 5.92 Å². The van der Waals surface area contributed by atoms with E-state index >= 15 is 0 Å². The second kappa shape index (κ2) is 11.2. The van der Waals surface area contributed by atoms with Gasteiger partial charge in [0.05, 0.1) is 0 Å². The van der Waals surface area contributed by atoms with Gasteiger partial charge in [-0.05, 0) is 78.9 Å². The first-order valence-corrected chi connectivity index (χ1v) is 17.8. The maximum Gasteiger partial charge on any atom is 0.410 e.